The Morgan fingerprint density at radius 3 is 2.40 bits per heavy atom. The normalized spacial score (nSPS) is 14.2. The first-order valence-corrected chi connectivity index (χ1v) is 6.28. The summed E-state index contributed by atoms with van der Waals surface area (Å²) in [5.74, 6) is 0.562. The van der Waals surface area contributed by atoms with Crippen LogP contribution in [0.25, 0.3) is 0 Å². The van der Waals surface area contributed by atoms with Crippen molar-refractivity contribution in [1.29, 1.82) is 0 Å². The summed E-state index contributed by atoms with van der Waals surface area (Å²) in [5, 5.41) is 0.961. The van der Waals surface area contributed by atoms with Crippen molar-refractivity contribution in [2.45, 2.75) is 38.8 Å². The Balaban J connectivity index is 3.18. The van der Waals surface area contributed by atoms with E-state index in [1.807, 2.05) is 0 Å². The van der Waals surface area contributed by atoms with Crippen molar-refractivity contribution in [2.75, 3.05) is 18.5 Å². The summed E-state index contributed by atoms with van der Waals surface area (Å²) in [6.45, 7) is 2.88. The molecule has 0 radical (unpaired) electrons. The molecule has 0 aromatic heterocycles. The molecule has 0 fully saturated rings. The molecule has 0 aromatic rings. The fourth-order valence-electron chi connectivity index (χ4n) is 1.09. The number of hydrogen-bond acceptors (Lipinski definition) is 1. The number of rotatable bonds is 8. The van der Waals surface area contributed by atoms with Crippen LogP contribution >= 0.6 is 15.9 Å². The van der Waals surface area contributed by atoms with Crippen LogP contribution in [0, 0.1) is 5.92 Å². The Hall–Kier alpha value is 0.230. The molecule has 0 saturated carbocycles. The molecule has 0 amide bonds. The van der Waals surface area contributed by atoms with E-state index in [1.54, 1.807) is 0 Å². The molecule has 0 heterocycles. The van der Waals surface area contributed by atoms with Crippen molar-refractivity contribution in [1.82, 2.24) is 0 Å². The quantitative estimate of drug-likeness (QED) is 0.482. The van der Waals surface area contributed by atoms with E-state index in [9.17, 15) is 13.2 Å². The van der Waals surface area contributed by atoms with Crippen LogP contribution in [0.15, 0.2) is 0 Å². The third kappa shape index (κ3) is 12.2. The average Bonchev–Trinajstić information content (AvgIpc) is 2.09. The van der Waals surface area contributed by atoms with Gasteiger partial charge in [0.25, 0.3) is 0 Å². The van der Waals surface area contributed by atoms with Gasteiger partial charge >= 0.3 is 6.18 Å². The summed E-state index contributed by atoms with van der Waals surface area (Å²) >= 11 is 3.34. The minimum absolute atomic E-state index is 0.0658. The molecule has 0 bridgehead atoms. The first kappa shape index (κ1) is 15.2. The fraction of sp³-hybridized carbons (Fsp3) is 1.00. The van der Waals surface area contributed by atoms with Crippen molar-refractivity contribution in [2.24, 2.45) is 5.92 Å². The van der Waals surface area contributed by atoms with E-state index in [-0.39, 0.29) is 13.0 Å². The highest BCUT2D eigenvalue weighted by Gasteiger charge is 2.25. The van der Waals surface area contributed by atoms with Crippen LogP contribution < -0.4 is 0 Å². The number of alkyl halides is 4. The monoisotopic (exact) mass is 290 g/mol. The zero-order valence-corrected chi connectivity index (χ0v) is 10.5. The molecular formula is C10H18BrF3O. The lowest BCUT2D eigenvalue weighted by molar-refractivity contribution is -0.137. The number of hydrogen-bond donors (Lipinski definition) is 0. The molecule has 1 nitrogen and oxygen atoms in total. The summed E-state index contributed by atoms with van der Waals surface area (Å²) in [4.78, 5) is 0. The fourth-order valence-corrected chi connectivity index (χ4v) is 1.87. The lowest BCUT2D eigenvalue weighted by atomic mass is 10.1. The predicted octanol–water partition coefficient (Wildman–Crippen LogP) is 4.16. The molecule has 0 spiro atoms. The van der Waals surface area contributed by atoms with Crippen LogP contribution in [-0.4, -0.2) is 24.7 Å². The Morgan fingerprint density at radius 2 is 1.87 bits per heavy atom. The third-order valence-corrected chi connectivity index (χ3v) is 2.56. The SMILES string of the molecule is CC(CCBr)CCOCCCC(F)(F)F. The minimum Gasteiger partial charge on any atom is -0.381 e. The summed E-state index contributed by atoms with van der Waals surface area (Å²) in [7, 11) is 0. The van der Waals surface area contributed by atoms with Gasteiger partial charge in [-0.05, 0) is 25.2 Å². The van der Waals surface area contributed by atoms with Crippen LogP contribution in [0.5, 0.6) is 0 Å². The molecule has 0 saturated heterocycles. The molecule has 0 aliphatic heterocycles. The zero-order valence-electron chi connectivity index (χ0n) is 8.95. The second-order valence-electron chi connectivity index (χ2n) is 3.70. The molecular weight excluding hydrogens is 273 g/mol. The van der Waals surface area contributed by atoms with Gasteiger partial charge in [0.1, 0.15) is 0 Å². The summed E-state index contributed by atoms with van der Waals surface area (Å²) in [6.07, 6.45) is -2.74. The van der Waals surface area contributed by atoms with E-state index in [4.69, 9.17) is 4.74 Å². The molecule has 0 N–H and O–H groups in total. The molecule has 92 valence electrons. The van der Waals surface area contributed by atoms with Gasteiger partial charge < -0.3 is 4.74 Å². The molecule has 0 rings (SSSR count). The topological polar surface area (TPSA) is 9.23 Å². The maximum atomic E-state index is 11.7. The van der Waals surface area contributed by atoms with Crippen molar-refractivity contribution < 1.29 is 17.9 Å². The largest absolute Gasteiger partial charge is 0.389 e. The molecule has 0 aliphatic rings. The van der Waals surface area contributed by atoms with E-state index >= 15 is 0 Å². The van der Waals surface area contributed by atoms with Gasteiger partial charge in [-0.1, -0.05) is 22.9 Å². The maximum Gasteiger partial charge on any atom is 0.389 e. The standard InChI is InChI=1S/C10H18BrF3O/c1-9(3-6-11)4-8-15-7-2-5-10(12,13)14/h9H,2-8H2,1H3. The van der Waals surface area contributed by atoms with Gasteiger partial charge in [0.05, 0.1) is 0 Å². The van der Waals surface area contributed by atoms with Gasteiger partial charge in [0, 0.05) is 25.0 Å². The highest BCUT2D eigenvalue weighted by atomic mass is 79.9. The van der Waals surface area contributed by atoms with Crippen LogP contribution in [0.4, 0.5) is 13.2 Å². The first-order valence-electron chi connectivity index (χ1n) is 5.16. The van der Waals surface area contributed by atoms with E-state index in [2.05, 4.69) is 22.9 Å². The van der Waals surface area contributed by atoms with Crippen molar-refractivity contribution >= 4 is 15.9 Å². The van der Waals surface area contributed by atoms with Crippen LogP contribution in [-0.2, 0) is 4.74 Å². The van der Waals surface area contributed by atoms with E-state index in [1.165, 1.54) is 0 Å². The highest BCUT2D eigenvalue weighted by Crippen LogP contribution is 2.21. The van der Waals surface area contributed by atoms with Gasteiger partial charge in [-0.2, -0.15) is 13.2 Å². The van der Waals surface area contributed by atoms with Crippen molar-refractivity contribution in [3.05, 3.63) is 0 Å². The smallest absolute Gasteiger partial charge is 0.381 e. The zero-order chi connectivity index (χ0) is 11.7. The molecule has 1 atom stereocenters. The predicted molar refractivity (Wildman–Crippen MR) is 58.3 cm³/mol. The summed E-state index contributed by atoms with van der Waals surface area (Å²) in [5.41, 5.74) is 0. The first-order chi connectivity index (χ1) is 6.95. The van der Waals surface area contributed by atoms with Crippen LogP contribution in [0.2, 0.25) is 0 Å². The molecule has 5 heteroatoms. The average molecular weight is 291 g/mol. The van der Waals surface area contributed by atoms with Crippen molar-refractivity contribution in [3.63, 3.8) is 0 Å². The van der Waals surface area contributed by atoms with Crippen LogP contribution in [0.3, 0.4) is 0 Å². The molecule has 0 aliphatic carbocycles. The molecule has 0 aromatic carbocycles. The summed E-state index contributed by atoms with van der Waals surface area (Å²) in [6, 6.07) is 0. The van der Waals surface area contributed by atoms with Gasteiger partial charge in [0.2, 0.25) is 0 Å². The van der Waals surface area contributed by atoms with Crippen molar-refractivity contribution in [3.8, 4) is 0 Å². The lowest BCUT2D eigenvalue weighted by Crippen LogP contribution is -2.09. The lowest BCUT2D eigenvalue weighted by Gasteiger charge is -2.10. The second-order valence-corrected chi connectivity index (χ2v) is 4.50. The summed E-state index contributed by atoms with van der Waals surface area (Å²) < 4.78 is 40.3. The molecule has 15 heavy (non-hydrogen) atoms. The van der Waals surface area contributed by atoms with Crippen LogP contribution in [0.1, 0.15) is 32.6 Å². The van der Waals surface area contributed by atoms with E-state index in [0.717, 1.165) is 18.2 Å². The number of halogens is 4. The Kier molecular flexibility index (Phi) is 8.52. The van der Waals surface area contributed by atoms with E-state index < -0.39 is 12.6 Å². The third-order valence-electron chi connectivity index (χ3n) is 2.11. The number of ether oxygens (including phenoxy) is 1. The highest BCUT2D eigenvalue weighted by molar-refractivity contribution is 9.09. The van der Waals surface area contributed by atoms with E-state index in [0.29, 0.717) is 12.5 Å². The van der Waals surface area contributed by atoms with Gasteiger partial charge in [-0.3, -0.25) is 0 Å². The van der Waals surface area contributed by atoms with Gasteiger partial charge in [-0.25, -0.2) is 0 Å². The second kappa shape index (κ2) is 8.39. The maximum absolute atomic E-state index is 11.7. The van der Waals surface area contributed by atoms with Gasteiger partial charge in [-0.15, -0.1) is 0 Å². The Morgan fingerprint density at radius 1 is 1.20 bits per heavy atom. The molecule has 1 unspecified atom stereocenters. The Labute approximate surface area is 97.5 Å². The van der Waals surface area contributed by atoms with Gasteiger partial charge in [0.15, 0.2) is 0 Å². The Bertz CT molecular complexity index is 150. The minimum atomic E-state index is -4.05.